The van der Waals surface area contributed by atoms with Crippen molar-refractivity contribution in [2.75, 3.05) is 18.0 Å². The third-order valence-corrected chi connectivity index (χ3v) is 8.41. The molecule has 0 bridgehead atoms. The van der Waals surface area contributed by atoms with Crippen molar-refractivity contribution in [2.24, 2.45) is 0 Å². The molecule has 0 aliphatic rings. The Labute approximate surface area is 243 Å². The van der Waals surface area contributed by atoms with Crippen LogP contribution < -0.4 is 14.4 Å². The predicted molar refractivity (Wildman–Crippen MR) is 156 cm³/mol. The second kappa shape index (κ2) is 13.3. The van der Waals surface area contributed by atoms with Crippen LogP contribution in [-0.2, 0) is 26.2 Å². The summed E-state index contributed by atoms with van der Waals surface area (Å²) in [5, 5.41) is 3.25. The Balaban J connectivity index is 2.03. The fourth-order valence-corrected chi connectivity index (χ4v) is 5.82. The summed E-state index contributed by atoms with van der Waals surface area (Å²) in [4.78, 5) is 28.2. The quantitative estimate of drug-likeness (QED) is 0.310. The Morgan fingerprint density at radius 1 is 1.00 bits per heavy atom. The molecule has 0 saturated carbocycles. The maximum Gasteiger partial charge on any atom is 0.264 e. The molecular weight excluding hydrogens is 606 g/mol. The van der Waals surface area contributed by atoms with Gasteiger partial charge < -0.3 is 15.0 Å². The van der Waals surface area contributed by atoms with Gasteiger partial charge in [-0.1, -0.05) is 39.7 Å². The van der Waals surface area contributed by atoms with Crippen molar-refractivity contribution in [2.45, 2.75) is 44.3 Å². The Bertz CT molecular complexity index is 1400. The number of hydrogen-bond donors (Lipinski definition) is 1. The van der Waals surface area contributed by atoms with Crippen LogP contribution >= 0.6 is 27.5 Å². The Morgan fingerprint density at radius 3 is 2.21 bits per heavy atom. The second-order valence-corrected chi connectivity index (χ2v) is 12.4. The first-order chi connectivity index (χ1) is 18.4. The zero-order valence-corrected chi connectivity index (χ0v) is 25.3. The predicted octanol–water partition coefficient (Wildman–Crippen LogP) is 5.25. The molecule has 0 unspecified atom stereocenters. The van der Waals surface area contributed by atoms with Crippen LogP contribution in [0.25, 0.3) is 0 Å². The lowest BCUT2D eigenvalue weighted by Crippen LogP contribution is -2.52. The van der Waals surface area contributed by atoms with E-state index in [2.05, 4.69) is 21.2 Å². The number of halogens is 2. The van der Waals surface area contributed by atoms with Crippen molar-refractivity contribution < 1.29 is 22.7 Å². The smallest absolute Gasteiger partial charge is 0.264 e. The van der Waals surface area contributed by atoms with Crippen LogP contribution in [0.5, 0.6) is 5.75 Å². The minimum Gasteiger partial charge on any atom is -0.497 e. The molecule has 208 valence electrons. The van der Waals surface area contributed by atoms with E-state index in [-0.39, 0.29) is 29.1 Å². The van der Waals surface area contributed by atoms with Crippen molar-refractivity contribution in [3.05, 3.63) is 87.9 Å². The molecule has 2 amide bonds. The first-order valence-corrected chi connectivity index (χ1v) is 14.8. The summed E-state index contributed by atoms with van der Waals surface area (Å²) in [6.07, 6.45) is 0. The Hall–Kier alpha value is -3.08. The third kappa shape index (κ3) is 7.97. The fraction of sp³-hybridized carbons (Fsp3) is 0.286. The van der Waals surface area contributed by atoms with Crippen LogP contribution in [-0.4, -0.2) is 50.9 Å². The number of benzene rings is 3. The molecule has 11 heteroatoms. The summed E-state index contributed by atoms with van der Waals surface area (Å²) >= 11 is 9.49. The maximum absolute atomic E-state index is 13.9. The molecule has 0 spiro atoms. The van der Waals surface area contributed by atoms with E-state index in [0.717, 1.165) is 14.3 Å². The monoisotopic (exact) mass is 635 g/mol. The van der Waals surface area contributed by atoms with E-state index in [9.17, 15) is 18.0 Å². The van der Waals surface area contributed by atoms with Gasteiger partial charge in [0.1, 0.15) is 18.3 Å². The molecule has 0 heterocycles. The molecule has 3 rings (SSSR count). The molecule has 3 aromatic rings. The number of nitrogens with zero attached hydrogens (tertiary/aromatic N) is 2. The van der Waals surface area contributed by atoms with E-state index >= 15 is 0 Å². The van der Waals surface area contributed by atoms with Crippen molar-refractivity contribution in [3.63, 3.8) is 0 Å². The van der Waals surface area contributed by atoms with Gasteiger partial charge in [-0.2, -0.15) is 0 Å². The molecule has 3 aromatic carbocycles. The summed E-state index contributed by atoms with van der Waals surface area (Å²) in [6.45, 7) is 4.84. The molecule has 8 nitrogen and oxygen atoms in total. The highest BCUT2D eigenvalue weighted by Gasteiger charge is 2.32. The summed E-state index contributed by atoms with van der Waals surface area (Å²) in [5.41, 5.74) is 1.03. The van der Waals surface area contributed by atoms with Crippen molar-refractivity contribution in [3.8, 4) is 5.75 Å². The minimum atomic E-state index is -4.19. The van der Waals surface area contributed by atoms with E-state index in [1.807, 2.05) is 38.1 Å². The number of sulfonamides is 1. The van der Waals surface area contributed by atoms with Gasteiger partial charge in [0.05, 0.1) is 17.7 Å². The molecule has 1 N–H and O–H groups in total. The molecule has 0 aliphatic heterocycles. The van der Waals surface area contributed by atoms with Gasteiger partial charge in [-0.05, 0) is 87.0 Å². The van der Waals surface area contributed by atoms with Gasteiger partial charge in [0.2, 0.25) is 11.8 Å². The SMILES string of the molecule is COc1ccc(S(=O)(=O)N(CC(=O)N(Cc2cccc(Br)c2)[C@@H](C)C(=O)NC(C)C)c2ccc(Cl)cc2)cc1. The third-order valence-electron chi connectivity index (χ3n) is 5.88. The molecule has 0 fully saturated rings. The van der Waals surface area contributed by atoms with Crippen molar-refractivity contribution in [1.82, 2.24) is 10.2 Å². The van der Waals surface area contributed by atoms with Gasteiger partial charge in [0.15, 0.2) is 0 Å². The molecule has 0 radical (unpaired) electrons. The van der Waals surface area contributed by atoms with Gasteiger partial charge in [-0.15, -0.1) is 0 Å². The van der Waals surface area contributed by atoms with Gasteiger partial charge in [-0.3, -0.25) is 13.9 Å². The molecule has 1 atom stereocenters. The zero-order valence-electron chi connectivity index (χ0n) is 22.1. The highest BCUT2D eigenvalue weighted by Crippen LogP contribution is 2.27. The number of amides is 2. The number of carbonyl (C=O) groups excluding carboxylic acids is 2. The maximum atomic E-state index is 13.9. The highest BCUT2D eigenvalue weighted by molar-refractivity contribution is 9.10. The van der Waals surface area contributed by atoms with Crippen molar-refractivity contribution >= 4 is 55.1 Å². The number of nitrogens with one attached hydrogen (secondary N) is 1. The summed E-state index contributed by atoms with van der Waals surface area (Å²) in [5.74, 6) is -0.397. The molecule has 0 aliphatic carbocycles. The number of ether oxygens (including phenoxy) is 1. The number of carbonyl (C=O) groups is 2. The van der Waals surface area contributed by atoms with E-state index < -0.39 is 28.5 Å². The van der Waals surface area contributed by atoms with E-state index in [1.54, 1.807) is 19.1 Å². The number of rotatable bonds is 11. The topological polar surface area (TPSA) is 96.0 Å². The fourth-order valence-electron chi connectivity index (χ4n) is 3.83. The van der Waals surface area contributed by atoms with Crippen LogP contribution in [0, 0.1) is 0 Å². The number of hydrogen-bond acceptors (Lipinski definition) is 5. The summed E-state index contributed by atoms with van der Waals surface area (Å²) in [6, 6.07) is 18.4. The summed E-state index contributed by atoms with van der Waals surface area (Å²) in [7, 11) is -2.70. The number of methoxy groups -OCH3 is 1. The summed E-state index contributed by atoms with van der Waals surface area (Å²) < 4.78 is 34.6. The highest BCUT2D eigenvalue weighted by atomic mass is 79.9. The lowest BCUT2D eigenvalue weighted by molar-refractivity contribution is -0.139. The van der Waals surface area contributed by atoms with Crippen LogP contribution in [0.2, 0.25) is 5.02 Å². The second-order valence-electron chi connectivity index (χ2n) is 9.15. The first-order valence-electron chi connectivity index (χ1n) is 12.2. The molecule has 0 saturated heterocycles. The number of anilines is 1. The molecule has 0 aromatic heterocycles. The van der Waals surface area contributed by atoms with Crippen LogP contribution in [0.4, 0.5) is 5.69 Å². The van der Waals surface area contributed by atoms with Gasteiger partial charge >= 0.3 is 0 Å². The molecular formula is C28H31BrClN3O5S. The molecule has 39 heavy (non-hydrogen) atoms. The Morgan fingerprint density at radius 2 is 1.64 bits per heavy atom. The lowest BCUT2D eigenvalue weighted by atomic mass is 10.1. The first kappa shape index (κ1) is 30.5. The van der Waals surface area contributed by atoms with Gasteiger partial charge in [0, 0.05) is 22.1 Å². The standard InChI is InChI=1S/C28H31BrClN3O5S/c1-19(2)31-28(35)20(3)32(17-21-6-5-7-22(29)16-21)27(34)18-33(24-10-8-23(30)9-11-24)39(36,37)26-14-12-25(38-4)13-15-26/h5-16,19-20H,17-18H2,1-4H3,(H,31,35)/t20-/m0/s1. The van der Waals surface area contributed by atoms with E-state index in [4.69, 9.17) is 16.3 Å². The van der Waals surface area contributed by atoms with Gasteiger partial charge in [0.25, 0.3) is 10.0 Å². The normalized spacial score (nSPS) is 12.1. The Kier molecular flexibility index (Phi) is 10.4. The van der Waals surface area contributed by atoms with E-state index in [0.29, 0.717) is 10.8 Å². The zero-order chi connectivity index (χ0) is 28.7. The average Bonchev–Trinajstić information content (AvgIpc) is 2.90. The largest absolute Gasteiger partial charge is 0.497 e. The van der Waals surface area contributed by atoms with Gasteiger partial charge in [-0.25, -0.2) is 8.42 Å². The van der Waals surface area contributed by atoms with Crippen LogP contribution in [0.3, 0.4) is 0 Å². The van der Waals surface area contributed by atoms with Crippen molar-refractivity contribution in [1.29, 1.82) is 0 Å². The van der Waals surface area contributed by atoms with Crippen LogP contribution in [0.15, 0.2) is 82.2 Å². The minimum absolute atomic E-state index is 0.0183. The van der Waals surface area contributed by atoms with Crippen LogP contribution in [0.1, 0.15) is 26.3 Å². The van der Waals surface area contributed by atoms with E-state index in [1.165, 1.54) is 48.4 Å². The average molecular weight is 637 g/mol. The lowest BCUT2D eigenvalue weighted by Gasteiger charge is -2.32.